The van der Waals surface area contributed by atoms with Gasteiger partial charge in [0.1, 0.15) is 0 Å². The van der Waals surface area contributed by atoms with Gasteiger partial charge in [0, 0.05) is 6.23 Å². The second kappa shape index (κ2) is 18.8. The normalized spacial score (nSPS) is 7.37. The Bertz CT molecular complexity index is 267. The van der Waals surface area contributed by atoms with Gasteiger partial charge in [0.15, 0.2) is 0 Å². The maximum Gasteiger partial charge on any atom is 3.00 e. The molecule has 0 spiro atoms. The van der Waals surface area contributed by atoms with Gasteiger partial charge in [0.2, 0.25) is 0 Å². The molecule has 0 aliphatic carbocycles. The molecule has 115 valence electrons. The zero-order chi connectivity index (χ0) is 11.3. The second-order valence-corrected chi connectivity index (χ2v) is 7.49. The molecule has 1 aromatic rings. The molecule has 1 rings (SSSR count). The molecule has 0 saturated heterocycles. The van der Waals surface area contributed by atoms with Crippen molar-refractivity contribution in [3.63, 3.8) is 0 Å². The van der Waals surface area contributed by atoms with Crippen LogP contribution in [0, 0.1) is 42.5 Å². The summed E-state index contributed by atoms with van der Waals surface area (Å²) in [7, 11) is -0.594. The van der Waals surface area contributed by atoms with Gasteiger partial charge in [-0.05, 0) is 0 Å². The Morgan fingerprint density at radius 1 is 0.895 bits per heavy atom. The average molecular weight is 360 g/mol. The molecule has 1 aromatic carbocycles. The van der Waals surface area contributed by atoms with Gasteiger partial charge in [-0.1, -0.05) is 40.8 Å². The number of hydrogen-bond acceptors (Lipinski definition) is 1. The molecular formula is C14H29Cl2OSiTi-2. The number of halogens is 2. The monoisotopic (exact) mass is 359 g/mol. The van der Waals surface area contributed by atoms with Crippen LogP contribution in [0.4, 0.5) is 0 Å². The van der Waals surface area contributed by atoms with E-state index in [1.807, 2.05) is 0 Å². The van der Waals surface area contributed by atoms with Crippen LogP contribution in [0.3, 0.4) is 0 Å². The fourth-order valence-electron chi connectivity index (χ4n) is 1.13. The minimum atomic E-state index is -0.594. The molecule has 0 aromatic heterocycles. The Morgan fingerprint density at radius 3 is 1.16 bits per heavy atom. The first-order valence-corrected chi connectivity index (χ1v) is 8.33. The van der Waals surface area contributed by atoms with Crippen LogP contribution >= 0.6 is 0 Å². The third-order valence-corrected chi connectivity index (χ3v) is 3.27. The topological polar surface area (TPSA) is 20.2 Å². The second-order valence-electron chi connectivity index (χ2n) is 4.34. The summed E-state index contributed by atoms with van der Waals surface area (Å²) in [6, 6.07) is 2.24. The van der Waals surface area contributed by atoms with Gasteiger partial charge in [-0.3, -0.25) is 0 Å². The molecule has 0 heterocycles. The number of aryl methyl sites for hydroxylation is 2. The van der Waals surface area contributed by atoms with Gasteiger partial charge in [0.05, 0.1) is 8.80 Å². The predicted molar refractivity (Wildman–Crippen MR) is 79.8 cm³/mol. The minimum absolute atomic E-state index is 0. The Kier molecular flexibility index (Phi) is 36.4. The summed E-state index contributed by atoms with van der Waals surface area (Å²) in [6.07, 6.45) is 0.444. The predicted octanol–water partition coefficient (Wildman–Crippen LogP) is -2.45. The van der Waals surface area contributed by atoms with Crippen LogP contribution in [-0.2, 0) is 21.7 Å². The summed E-state index contributed by atoms with van der Waals surface area (Å²) in [5.74, 6) is 0. The van der Waals surface area contributed by atoms with Gasteiger partial charge in [0.25, 0.3) is 0 Å². The van der Waals surface area contributed by atoms with E-state index in [0.29, 0.717) is 6.23 Å². The number of aliphatic hydroxyl groups excluding tert-OH is 1. The van der Waals surface area contributed by atoms with E-state index in [4.69, 9.17) is 5.11 Å². The van der Waals surface area contributed by atoms with Crippen LogP contribution in [0.25, 0.3) is 0 Å². The van der Waals surface area contributed by atoms with Crippen molar-refractivity contribution >= 4 is 8.80 Å². The van der Waals surface area contributed by atoms with Gasteiger partial charge in [-0.15, -0.1) is 0 Å². The Morgan fingerprint density at radius 2 is 1.11 bits per heavy atom. The molecule has 1 radical (unpaired) electrons. The van der Waals surface area contributed by atoms with Crippen molar-refractivity contribution in [3.05, 3.63) is 43.2 Å². The fraction of sp³-hybridized carbons (Fsp3) is 0.500. The first kappa shape index (κ1) is 36.8. The largest absolute Gasteiger partial charge is 3.00 e. The van der Waals surface area contributed by atoms with Crippen molar-refractivity contribution in [3.8, 4) is 0 Å². The van der Waals surface area contributed by atoms with Crippen LogP contribution in [0.2, 0.25) is 13.1 Å². The van der Waals surface area contributed by atoms with Crippen molar-refractivity contribution in [1.82, 2.24) is 0 Å². The van der Waals surface area contributed by atoms with Crippen LogP contribution in [0.5, 0.6) is 0 Å². The molecule has 0 aliphatic heterocycles. The smallest absolute Gasteiger partial charge is 1.00 e. The number of aliphatic hydroxyl groups is 1. The SMILES string of the molecule is C[SiH](C)CO.Cc1[cH-]c(C)c(C)c1C.[CH3-].[CH3-].[Cl-].[Cl-].[Ti+3]. The first-order chi connectivity index (χ1) is 6.40. The molecule has 0 fully saturated rings. The number of rotatable bonds is 1. The van der Waals surface area contributed by atoms with Crippen LogP contribution in [-0.4, -0.2) is 20.1 Å². The Labute approximate surface area is 150 Å². The van der Waals surface area contributed by atoms with E-state index in [9.17, 15) is 0 Å². The van der Waals surface area contributed by atoms with E-state index in [0.717, 1.165) is 0 Å². The maximum absolute atomic E-state index is 8.21. The quantitative estimate of drug-likeness (QED) is 0.436. The van der Waals surface area contributed by atoms with Crippen molar-refractivity contribution in [2.24, 2.45) is 0 Å². The van der Waals surface area contributed by atoms with E-state index >= 15 is 0 Å². The Balaban J connectivity index is -0.0000000385. The summed E-state index contributed by atoms with van der Waals surface area (Å²) in [4.78, 5) is 0. The minimum Gasteiger partial charge on any atom is -1.00 e. The van der Waals surface area contributed by atoms with Crippen LogP contribution in [0.15, 0.2) is 6.07 Å². The molecule has 0 saturated carbocycles. The molecule has 5 heteroatoms. The molecule has 19 heavy (non-hydrogen) atoms. The van der Waals surface area contributed by atoms with E-state index in [-0.39, 0.29) is 61.4 Å². The van der Waals surface area contributed by atoms with Gasteiger partial charge < -0.3 is 44.8 Å². The van der Waals surface area contributed by atoms with Crippen LogP contribution in [0.1, 0.15) is 22.3 Å². The molecule has 0 bridgehead atoms. The van der Waals surface area contributed by atoms with E-state index in [1.54, 1.807) is 0 Å². The molecule has 0 aliphatic rings. The maximum atomic E-state index is 8.21. The summed E-state index contributed by atoms with van der Waals surface area (Å²) in [5.41, 5.74) is 5.75. The molecular weight excluding hydrogens is 331 g/mol. The standard InChI is InChI=1S/C9H13.C3H10OSi.2CH3.2ClH.Ti/c1-6-5-7(2)9(4)8(6)3;1-5(2)3-4;;;;;/h5H,1-4H3;4-5H,3H2,1-2H3;2*1H3;2*1H;/q-1;;2*-1;;;+3/p-2. The molecule has 1 nitrogen and oxygen atoms in total. The van der Waals surface area contributed by atoms with Crippen molar-refractivity contribution in [2.75, 3.05) is 6.23 Å². The average Bonchev–Trinajstić information content (AvgIpc) is 2.34. The van der Waals surface area contributed by atoms with Gasteiger partial charge in [-0.25, -0.2) is 0 Å². The fourth-order valence-corrected chi connectivity index (χ4v) is 1.13. The first-order valence-electron chi connectivity index (χ1n) is 5.21. The molecule has 1 N–H and O–H groups in total. The zero-order valence-electron chi connectivity index (χ0n) is 13.6. The summed E-state index contributed by atoms with van der Waals surface area (Å²) in [5, 5.41) is 8.21. The molecule has 0 atom stereocenters. The zero-order valence-corrected chi connectivity index (χ0v) is 17.8. The summed E-state index contributed by atoms with van der Waals surface area (Å²) >= 11 is 0. The molecule has 0 amide bonds. The van der Waals surface area contributed by atoms with E-state index < -0.39 is 8.80 Å². The van der Waals surface area contributed by atoms with Gasteiger partial charge >= 0.3 is 21.7 Å². The van der Waals surface area contributed by atoms with Crippen molar-refractivity contribution < 1.29 is 51.6 Å². The van der Waals surface area contributed by atoms with Crippen LogP contribution < -0.4 is 24.8 Å². The van der Waals surface area contributed by atoms with Crippen molar-refractivity contribution in [2.45, 2.75) is 40.8 Å². The summed E-state index contributed by atoms with van der Waals surface area (Å²) in [6.45, 7) is 12.9. The Hall–Kier alpha value is 0.821. The number of hydrogen-bond donors (Lipinski definition) is 1. The third-order valence-electron chi connectivity index (χ3n) is 2.54. The van der Waals surface area contributed by atoms with E-state index in [2.05, 4.69) is 46.9 Å². The van der Waals surface area contributed by atoms with E-state index in [1.165, 1.54) is 22.3 Å². The van der Waals surface area contributed by atoms with Crippen molar-refractivity contribution in [1.29, 1.82) is 0 Å². The van der Waals surface area contributed by atoms with Gasteiger partial charge in [-0.2, -0.15) is 28.3 Å². The molecule has 0 unspecified atom stereocenters. The third kappa shape index (κ3) is 15.0. The summed E-state index contributed by atoms with van der Waals surface area (Å²) < 4.78 is 0.